The Bertz CT molecular complexity index is 478. The van der Waals surface area contributed by atoms with E-state index in [1.807, 2.05) is 0 Å². The van der Waals surface area contributed by atoms with E-state index in [4.69, 9.17) is 0 Å². The molecule has 2 rings (SSSR count). The van der Waals surface area contributed by atoms with E-state index in [1.165, 1.54) is 0 Å². The quantitative estimate of drug-likeness (QED) is 0.499. The molecule has 0 radical (unpaired) electrons. The zero-order valence-electron chi connectivity index (χ0n) is 6.93. The fraction of sp³-hybridized carbons (Fsp3) is 0.800. The number of hydrogen-bond acceptors (Lipinski definition) is 5. The molecule has 2 heterocycles. The highest BCUT2D eigenvalue weighted by atomic mass is 32.2. The molecule has 2 fully saturated rings. The lowest BCUT2D eigenvalue weighted by Gasteiger charge is -2.25. The van der Waals surface area contributed by atoms with Crippen molar-refractivity contribution in [3.05, 3.63) is 0 Å². The van der Waals surface area contributed by atoms with Gasteiger partial charge >= 0.3 is 6.03 Å². The van der Waals surface area contributed by atoms with Gasteiger partial charge < -0.3 is 5.32 Å². The van der Waals surface area contributed by atoms with Gasteiger partial charge in [0.25, 0.3) is 0 Å². The highest BCUT2D eigenvalue weighted by molar-refractivity contribution is 7.95. The monoisotopic (exact) mass is 240 g/mol. The van der Waals surface area contributed by atoms with Crippen molar-refractivity contribution >= 4 is 25.9 Å². The molecular formula is C5H8N2O5S2. The molecule has 0 unspecified atom stereocenters. The van der Waals surface area contributed by atoms with Crippen LogP contribution in [0.25, 0.3) is 0 Å². The van der Waals surface area contributed by atoms with Crippen molar-refractivity contribution in [1.29, 1.82) is 0 Å². The van der Waals surface area contributed by atoms with E-state index >= 15 is 0 Å². The van der Waals surface area contributed by atoms with Gasteiger partial charge in [-0.3, -0.25) is 0 Å². The third-order valence-corrected chi connectivity index (χ3v) is 5.96. The number of rotatable bonds is 0. The number of sulfone groups is 1. The van der Waals surface area contributed by atoms with E-state index in [0.717, 1.165) is 0 Å². The minimum absolute atomic E-state index is 0.301. The molecule has 0 aromatic rings. The number of amides is 2. The minimum Gasteiger partial charge on any atom is -0.332 e. The number of carbonyl (C=O) groups is 1. The number of hydrogen-bond donors (Lipinski definition) is 2. The average molecular weight is 240 g/mol. The van der Waals surface area contributed by atoms with Crippen LogP contribution < -0.4 is 10.0 Å². The van der Waals surface area contributed by atoms with Crippen LogP contribution in [0.4, 0.5) is 4.79 Å². The van der Waals surface area contributed by atoms with Crippen LogP contribution in [0, 0.1) is 0 Å². The maximum absolute atomic E-state index is 11.3. The van der Waals surface area contributed by atoms with Crippen LogP contribution >= 0.6 is 0 Å². The number of sulfonamides is 1. The molecular weight excluding hydrogens is 232 g/mol. The Balaban J connectivity index is 2.43. The normalized spacial score (nSPS) is 38.1. The maximum Gasteiger partial charge on any atom is 0.328 e. The fourth-order valence-electron chi connectivity index (χ4n) is 1.66. The Kier molecular flexibility index (Phi) is 1.80. The first kappa shape index (κ1) is 9.71. The first-order valence-electron chi connectivity index (χ1n) is 3.83. The molecule has 2 aliphatic heterocycles. The lowest BCUT2D eigenvalue weighted by molar-refractivity contribution is 0.241. The molecule has 9 heteroatoms. The summed E-state index contributed by atoms with van der Waals surface area (Å²) in [5, 5.41) is 1.23. The van der Waals surface area contributed by atoms with E-state index in [-0.39, 0.29) is 5.75 Å². The largest absolute Gasteiger partial charge is 0.332 e. The Morgan fingerprint density at radius 3 is 2.43 bits per heavy atom. The van der Waals surface area contributed by atoms with E-state index in [2.05, 4.69) is 5.32 Å². The highest BCUT2D eigenvalue weighted by Crippen LogP contribution is 2.21. The van der Waals surface area contributed by atoms with Gasteiger partial charge in [-0.1, -0.05) is 0 Å². The summed E-state index contributed by atoms with van der Waals surface area (Å²) < 4.78 is 46.7. The Labute approximate surface area is 80.8 Å². The van der Waals surface area contributed by atoms with Crippen molar-refractivity contribution in [2.24, 2.45) is 0 Å². The molecule has 2 atom stereocenters. The van der Waals surface area contributed by atoms with Gasteiger partial charge in [-0.25, -0.2) is 26.4 Å². The first-order chi connectivity index (χ1) is 6.30. The standard InChI is InChI=1S/C5H8N2O5S2/c8-5-6-3-1-13(9,10)2-4(3)14(11,12)7-5/h3-4H,1-2H2,(H2,6,7,8)/t3-,4-/m1/s1. The zero-order chi connectivity index (χ0) is 10.6. The molecule has 0 saturated carbocycles. The topological polar surface area (TPSA) is 109 Å². The molecule has 80 valence electrons. The van der Waals surface area contributed by atoms with Gasteiger partial charge in [0, 0.05) is 0 Å². The van der Waals surface area contributed by atoms with Gasteiger partial charge in [-0.2, -0.15) is 0 Å². The minimum atomic E-state index is -3.82. The number of carbonyl (C=O) groups excluding carboxylic acids is 1. The number of fused-ring (bicyclic) bond motifs is 1. The van der Waals surface area contributed by atoms with Gasteiger partial charge in [0.05, 0.1) is 17.5 Å². The lowest BCUT2D eigenvalue weighted by Crippen LogP contribution is -2.59. The summed E-state index contributed by atoms with van der Waals surface area (Å²) in [6.07, 6.45) is 0. The summed E-state index contributed by atoms with van der Waals surface area (Å²) >= 11 is 0. The summed E-state index contributed by atoms with van der Waals surface area (Å²) in [6, 6.07) is -1.66. The van der Waals surface area contributed by atoms with Crippen molar-refractivity contribution in [3.63, 3.8) is 0 Å². The smallest absolute Gasteiger partial charge is 0.328 e. The van der Waals surface area contributed by atoms with Crippen LogP contribution in [0.5, 0.6) is 0 Å². The second kappa shape index (κ2) is 2.60. The predicted molar refractivity (Wildman–Crippen MR) is 46.8 cm³/mol. The van der Waals surface area contributed by atoms with Gasteiger partial charge in [0.2, 0.25) is 10.0 Å². The van der Waals surface area contributed by atoms with Gasteiger partial charge in [0.1, 0.15) is 5.25 Å². The number of nitrogens with one attached hydrogen (secondary N) is 2. The van der Waals surface area contributed by atoms with Gasteiger partial charge in [-0.05, 0) is 0 Å². The Hall–Kier alpha value is -0.830. The van der Waals surface area contributed by atoms with E-state index < -0.39 is 42.9 Å². The van der Waals surface area contributed by atoms with Gasteiger partial charge in [-0.15, -0.1) is 0 Å². The summed E-state index contributed by atoms with van der Waals surface area (Å²) in [7, 11) is -7.18. The van der Waals surface area contributed by atoms with E-state index in [1.54, 1.807) is 4.72 Å². The summed E-state index contributed by atoms with van der Waals surface area (Å²) in [5.41, 5.74) is 0. The van der Waals surface area contributed by atoms with Crippen LogP contribution in [-0.4, -0.2) is 45.7 Å². The Morgan fingerprint density at radius 2 is 1.79 bits per heavy atom. The predicted octanol–water partition coefficient (Wildman–Crippen LogP) is -2.21. The highest BCUT2D eigenvalue weighted by Gasteiger charge is 2.49. The second-order valence-corrected chi connectivity index (χ2v) is 7.40. The molecule has 2 amide bonds. The first-order valence-corrected chi connectivity index (χ1v) is 7.19. The second-order valence-electron chi connectivity index (χ2n) is 3.34. The van der Waals surface area contributed by atoms with Crippen LogP contribution in [0.15, 0.2) is 0 Å². The average Bonchev–Trinajstić information content (AvgIpc) is 2.22. The number of urea groups is 1. The summed E-state index contributed by atoms with van der Waals surface area (Å²) in [5.74, 6) is -0.725. The molecule has 0 bridgehead atoms. The van der Waals surface area contributed by atoms with Gasteiger partial charge in [0.15, 0.2) is 9.84 Å². The van der Waals surface area contributed by atoms with Crippen molar-refractivity contribution < 1.29 is 21.6 Å². The molecule has 14 heavy (non-hydrogen) atoms. The molecule has 7 nitrogen and oxygen atoms in total. The molecule has 0 aromatic carbocycles. The van der Waals surface area contributed by atoms with Crippen molar-refractivity contribution in [3.8, 4) is 0 Å². The third kappa shape index (κ3) is 1.46. The zero-order valence-corrected chi connectivity index (χ0v) is 8.56. The molecule has 0 aliphatic carbocycles. The van der Waals surface area contributed by atoms with Crippen LogP contribution in [0.2, 0.25) is 0 Å². The lowest BCUT2D eigenvalue weighted by atomic mass is 10.2. The van der Waals surface area contributed by atoms with Crippen molar-refractivity contribution in [2.75, 3.05) is 11.5 Å². The molecule has 2 saturated heterocycles. The SMILES string of the molecule is O=C1N[C@@H]2CS(=O)(=O)C[C@H]2S(=O)(=O)N1. The van der Waals surface area contributed by atoms with E-state index in [9.17, 15) is 21.6 Å². The van der Waals surface area contributed by atoms with Crippen molar-refractivity contribution in [2.45, 2.75) is 11.3 Å². The Morgan fingerprint density at radius 1 is 1.14 bits per heavy atom. The molecule has 2 N–H and O–H groups in total. The molecule has 2 aliphatic rings. The van der Waals surface area contributed by atoms with Crippen LogP contribution in [0.3, 0.4) is 0 Å². The molecule has 0 aromatic heterocycles. The van der Waals surface area contributed by atoms with E-state index in [0.29, 0.717) is 0 Å². The maximum atomic E-state index is 11.3. The van der Waals surface area contributed by atoms with Crippen LogP contribution in [-0.2, 0) is 19.9 Å². The fourth-order valence-corrected chi connectivity index (χ4v) is 5.92. The summed E-state index contributed by atoms with van der Waals surface area (Å²) in [6.45, 7) is 0. The summed E-state index contributed by atoms with van der Waals surface area (Å²) in [4.78, 5) is 10.8. The van der Waals surface area contributed by atoms with Crippen molar-refractivity contribution in [1.82, 2.24) is 10.0 Å². The van der Waals surface area contributed by atoms with Crippen LogP contribution in [0.1, 0.15) is 0 Å². The molecule has 0 spiro atoms. The third-order valence-electron chi connectivity index (χ3n) is 2.25.